The number of nitrogens with two attached hydrogens (primary N) is 2. The van der Waals surface area contributed by atoms with E-state index in [-0.39, 0.29) is 25.2 Å². The van der Waals surface area contributed by atoms with Gasteiger partial charge in [0.05, 0.1) is 30.0 Å². The number of hydrogen-bond donors (Lipinski definition) is 2. The van der Waals surface area contributed by atoms with Crippen LogP contribution < -0.4 is 16.2 Å². The molecular formula is C23H28N6O2. The molecule has 0 spiro atoms. The molecule has 2 aliphatic rings. The fraction of sp³-hybridized carbons (Fsp3) is 0.478. The van der Waals surface area contributed by atoms with Crippen LogP contribution in [0.4, 0.5) is 5.82 Å². The molecule has 1 saturated carbocycles. The predicted molar refractivity (Wildman–Crippen MR) is 118 cm³/mol. The van der Waals surface area contributed by atoms with E-state index >= 15 is 0 Å². The van der Waals surface area contributed by atoms with Crippen LogP contribution in [-0.4, -0.2) is 34.4 Å². The third kappa shape index (κ3) is 4.06. The highest BCUT2D eigenvalue weighted by molar-refractivity contribution is 6.15. The van der Waals surface area contributed by atoms with Gasteiger partial charge in [0.25, 0.3) is 0 Å². The number of aromatic nitrogens is 2. The van der Waals surface area contributed by atoms with Gasteiger partial charge in [-0.05, 0) is 57.7 Å². The van der Waals surface area contributed by atoms with Crippen LogP contribution in [0, 0.1) is 11.3 Å². The van der Waals surface area contributed by atoms with Crippen LogP contribution in [0.5, 0.6) is 5.75 Å². The minimum Gasteiger partial charge on any atom is -0.490 e. The van der Waals surface area contributed by atoms with Gasteiger partial charge in [-0.25, -0.2) is 9.97 Å². The van der Waals surface area contributed by atoms with E-state index in [1.807, 2.05) is 32.0 Å². The summed E-state index contributed by atoms with van der Waals surface area (Å²) in [5.41, 5.74) is 15.8. The molecule has 0 unspecified atom stereocenters. The van der Waals surface area contributed by atoms with Crippen LogP contribution in [0.3, 0.4) is 0 Å². The van der Waals surface area contributed by atoms with Crippen molar-refractivity contribution in [2.24, 2.45) is 10.9 Å². The van der Waals surface area contributed by atoms with Crippen LogP contribution in [-0.2, 0) is 10.3 Å². The summed E-state index contributed by atoms with van der Waals surface area (Å²) >= 11 is 0. The van der Waals surface area contributed by atoms with E-state index in [2.05, 4.69) is 21.2 Å². The summed E-state index contributed by atoms with van der Waals surface area (Å²) in [5, 5.41) is 13.2. The standard InChI is InChI=1S/C23H28N6O2/c1-23(2)19-20(27-13-28-22(19)26)17-9-8-16(31-15-6-4-14(25)5-7-15)12-18(17)21(23)29-30-11-3-10-24/h8-9,12-15H,3-7,11,25H2,1-2H3,(H2,26,27,28)/b29-21-/t14-,15-. The summed E-state index contributed by atoms with van der Waals surface area (Å²) in [4.78, 5) is 14.2. The molecule has 31 heavy (non-hydrogen) atoms. The summed E-state index contributed by atoms with van der Waals surface area (Å²) in [5.74, 6) is 1.20. The number of rotatable bonds is 5. The van der Waals surface area contributed by atoms with Crippen molar-refractivity contribution < 1.29 is 9.57 Å². The lowest BCUT2D eigenvalue weighted by Crippen LogP contribution is -2.36. The number of benzene rings is 1. The molecule has 1 fully saturated rings. The van der Waals surface area contributed by atoms with Crippen LogP contribution in [0.2, 0.25) is 0 Å². The van der Waals surface area contributed by atoms with E-state index < -0.39 is 5.41 Å². The van der Waals surface area contributed by atoms with Crippen molar-refractivity contribution in [1.29, 1.82) is 5.26 Å². The minimum atomic E-state index is -0.587. The lowest BCUT2D eigenvalue weighted by atomic mass is 9.70. The number of fused-ring (bicyclic) bond motifs is 3. The second-order valence-electron chi connectivity index (χ2n) is 8.65. The molecule has 8 nitrogen and oxygen atoms in total. The molecule has 4 rings (SSSR count). The molecule has 1 heterocycles. The smallest absolute Gasteiger partial charge is 0.131 e. The molecule has 0 amide bonds. The Morgan fingerprint density at radius 1 is 1.19 bits per heavy atom. The predicted octanol–water partition coefficient (Wildman–Crippen LogP) is 3.30. The maximum Gasteiger partial charge on any atom is 0.131 e. The van der Waals surface area contributed by atoms with Gasteiger partial charge < -0.3 is 21.0 Å². The summed E-state index contributed by atoms with van der Waals surface area (Å²) in [6.07, 6.45) is 5.76. The highest BCUT2D eigenvalue weighted by atomic mass is 16.6. The Labute approximate surface area is 182 Å². The van der Waals surface area contributed by atoms with Crippen molar-refractivity contribution in [3.05, 3.63) is 35.7 Å². The van der Waals surface area contributed by atoms with Crippen LogP contribution in [0.15, 0.2) is 29.7 Å². The molecule has 0 radical (unpaired) electrons. The van der Waals surface area contributed by atoms with Gasteiger partial charge in [0.15, 0.2) is 0 Å². The summed E-state index contributed by atoms with van der Waals surface area (Å²) < 4.78 is 6.29. The third-order valence-corrected chi connectivity index (χ3v) is 6.08. The first-order chi connectivity index (χ1) is 14.9. The molecule has 0 atom stereocenters. The fourth-order valence-electron chi connectivity index (χ4n) is 4.44. The average molecular weight is 421 g/mol. The minimum absolute atomic E-state index is 0.159. The zero-order valence-corrected chi connectivity index (χ0v) is 18.0. The molecule has 2 aliphatic carbocycles. The Balaban J connectivity index is 1.75. The molecule has 2 aromatic rings. The van der Waals surface area contributed by atoms with E-state index in [0.717, 1.165) is 53.8 Å². The number of nitriles is 1. The van der Waals surface area contributed by atoms with Gasteiger partial charge in [0.2, 0.25) is 0 Å². The van der Waals surface area contributed by atoms with E-state index in [4.69, 9.17) is 26.3 Å². The number of nitrogens with zero attached hydrogens (tertiary/aromatic N) is 4. The lowest BCUT2D eigenvalue weighted by Gasteiger charge is -2.35. The van der Waals surface area contributed by atoms with E-state index in [9.17, 15) is 0 Å². The summed E-state index contributed by atoms with van der Waals surface area (Å²) in [7, 11) is 0. The van der Waals surface area contributed by atoms with Crippen molar-refractivity contribution in [3.8, 4) is 23.1 Å². The molecule has 162 valence electrons. The molecule has 0 aliphatic heterocycles. The number of ether oxygens (including phenoxy) is 1. The normalized spacial score (nSPS) is 22.8. The Hall–Kier alpha value is -3.18. The molecular weight excluding hydrogens is 392 g/mol. The van der Waals surface area contributed by atoms with Gasteiger partial charge >= 0.3 is 0 Å². The lowest BCUT2D eigenvalue weighted by molar-refractivity contribution is 0.146. The van der Waals surface area contributed by atoms with Crippen molar-refractivity contribution in [2.45, 2.75) is 63.5 Å². The quantitative estimate of drug-likeness (QED) is 0.560. The van der Waals surface area contributed by atoms with Gasteiger partial charge in [-0.2, -0.15) is 5.26 Å². The molecule has 8 heteroatoms. The zero-order chi connectivity index (χ0) is 22.0. The van der Waals surface area contributed by atoms with Crippen LogP contribution in [0.1, 0.15) is 57.1 Å². The van der Waals surface area contributed by atoms with Crippen molar-refractivity contribution in [2.75, 3.05) is 12.3 Å². The molecule has 0 saturated heterocycles. The highest BCUT2D eigenvalue weighted by Gasteiger charge is 2.41. The first-order valence-corrected chi connectivity index (χ1v) is 10.7. The monoisotopic (exact) mass is 420 g/mol. The van der Waals surface area contributed by atoms with E-state index in [1.54, 1.807) is 0 Å². The molecule has 1 aromatic heterocycles. The van der Waals surface area contributed by atoms with Crippen LogP contribution in [0.25, 0.3) is 11.3 Å². The molecule has 1 aromatic carbocycles. The number of anilines is 1. The Bertz CT molecular complexity index is 1030. The Morgan fingerprint density at radius 3 is 2.71 bits per heavy atom. The topological polar surface area (TPSA) is 132 Å². The fourth-order valence-corrected chi connectivity index (χ4v) is 4.44. The second-order valence-corrected chi connectivity index (χ2v) is 8.65. The largest absolute Gasteiger partial charge is 0.490 e. The number of oxime groups is 1. The SMILES string of the molecule is CC1(C)/C(=N\OCCC#N)c2cc(O[C@H]3CC[C@H](N)CC3)ccc2-c2ncnc(N)c21. The van der Waals surface area contributed by atoms with E-state index in [1.165, 1.54) is 6.33 Å². The number of hydrogen-bond acceptors (Lipinski definition) is 8. The van der Waals surface area contributed by atoms with Crippen LogP contribution >= 0.6 is 0 Å². The first-order valence-electron chi connectivity index (χ1n) is 10.7. The Morgan fingerprint density at radius 2 is 1.97 bits per heavy atom. The second kappa shape index (κ2) is 8.52. The summed E-state index contributed by atoms with van der Waals surface area (Å²) in [6.45, 7) is 4.27. The van der Waals surface area contributed by atoms with E-state index in [0.29, 0.717) is 11.5 Å². The van der Waals surface area contributed by atoms with Gasteiger partial charge in [-0.3, -0.25) is 0 Å². The van der Waals surface area contributed by atoms with Gasteiger partial charge in [0, 0.05) is 28.1 Å². The van der Waals surface area contributed by atoms with Crippen molar-refractivity contribution in [3.63, 3.8) is 0 Å². The first kappa shape index (κ1) is 21.1. The number of nitrogen functional groups attached to an aromatic ring is 1. The maximum atomic E-state index is 8.80. The average Bonchev–Trinajstić information content (AvgIpc) is 2.74. The van der Waals surface area contributed by atoms with Crippen molar-refractivity contribution >= 4 is 11.5 Å². The Kier molecular flexibility index (Phi) is 5.79. The zero-order valence-electron chi connectivity index (χ0n) is 18.0. The molecule has 0 bridgehead atoms. The van der Waals surface area contributed by atoms with Crippen molar-refractivity contribution in [1.82, 2.24) is 9.97 Å². The van der Waals surface area contributed by atoms with Gasteiger partial charge in [0.1, 0.15) is 24.5 Å². The van der Waals surface area contributed by atoms with Gasteiger partial charge in [-0.1, -0.05) is 5.16 Å². The maximum absolute atomic E-state index is 8.80. The molecule has 4 N–H and O–H groups in total. The van der Waals surface area contributed by atoms with Gasteiger partial charge in [-0.15, -0.1) is 0 Å². The third-order valence-electron chi connectivity index (χ3n) is 6.08. The highest BCUT2D eigenvalue weighted by Crippen LogP contribution is 2.45. The summed E-state index contributed by atoms with van der Waals surface area (Å²) in [6, 6.07) is 8.29.